The number of hydrogen-bond acceptors (Lipinski definition) is 3. The normalized spacial score (nSPS) is 12.8. The molecule has 0 aliphatic carbocycles. The highest BCUT2D eigenvalue weighted by atomic mass is 16.5. The Hall–Kier alpha value is -1.84. The highest BCUT2D eigenvalue weighted by Crippen LogP contribution is 2.32. The fraction of sp³-hybridized carbons (Fsp3) is 0.429. The first-order chi connectivity index (χ1) is 8.63. The van der Waals surface area contributed by atoms with Crippen LogP contribution in [0.4, 0.5) is 0 Å². The summed E-state index contributed by atoms with van der Waals surface area (Å²) in [5.41, 5.74) is 2.65. The summed E-state index contributed by atoms with van der Waals surface area (Å²) in [6.07, 6.45) is 1.23. The molecule has 0 bridgehead atoms. The third-order valence-electron chi connectivity index (χ3n) is 3.12. The van der Waals surface area contributed by atoms with Crippen LogP contribution in [0.5, 0.6) is 5.75 Å². The topological polar surface area (TPSA) is 55.4 Å². The Morgan fingerprint density at radius 2 is 2.17 bits per heavy atom. The molecule has 0 spiro atoms. The van der Waals surface area contributed by atoms with Crippen molar-refractivity contribution in [2.24, 2.45) is 0 Å². The molecular weight excluding hydrogens is 230 g/mol. The number of nitrogens with one attached hydrogen (secondary N) is 1. The van der Waals surface area contributed by atoms with Crippen LogP contribution >= 0.6 is 0 Å². The average Bonchev–Trinajstić information content (AvgIpc) is 2.84. The molecule has 18 heavy (non-hydrogen) atoms. The maximum atomic E-state index is 11.5. The molecule has 0 radical (unpaired) electrons. The summed E-state index contributed by atoms with van der Waals surface area (Å²) in [6.45, 7) is 4.43. The van der Waals surface area contributed by atoms with Crippen molar-refractivity contribution in [1.29, 1.82) is 0 Å². The van der Waals surface area contributed by atoms with Crippen LogP contribution in [0.3, 0.4) is 0 Å². The van der Waals surface area contributed by atoms with Gasteiger partial charge in [-0.3, -0.25) is 9.59 Å². The Bertz CT molecular complexity index is 494. The van der Waals surface area contributed by atoms with Crippen LogP contribution in [-0.4, -0.2) is 18.3 Å². The minimum absolute atomic E-state index is 0.0115. The van der Waals surface area contributed by atoms with E-state index in [1.165, 1.54) is 0 Å². The number of fused-ring (bicyclic) bond motifs is 1. The maximum Gasteiger partial charge on any atom is 0.219 e. The van der Waals surface area contributed by atoms with Gasteiger partial charge in [0.15, 0.2) is 5.78 Å². The second kappa shape index (κ2) is 5.21. The molecule has 96 valence electrons. The van der Waals surface area contributed by atoms with Crippen LogP contribution < -0.4 is 10.1 Å². The van der Waals surface area contributed by atoms with Crippen LogP contribution in [0.15, 0.2) is 12.1 Å². The minimum atomic E-state index is 0.0115. The van der Waals surface area contributed by atoms with Crippen LogP contribution in [0.1, 0.15) is 41.8 Å². The Balaban J connectivity index is 2.26. The lowest BCUT2D eigenvalue weighted by Gasteiger charge is -2.11. The predicted octanol–water partition coefficient (Wildman–Crippen LogP) is 1.85. The van der Waals surface area contributed by atoms with Gasteiger partial charge >= 0.3 is 0 Å². The van der Waals surface area contributed by atoms with Gasteiger partial charge in [-0.2, -0.15) is 0 Å². The van der Waals surface area contributed by atoms with Gasteiger partial charge in [0.1, 0.15) is 5.75 Å². The third-order valence-corrected chi connectivity index (χ3v) is 3.12. The van der Waals surface area contributed by atoms with Crippen LogP contribution in [0.2, 0.25) is 0 Å². The van der Waals surface area contributed by atoms with Gasteiger partial charge in [-0.05, 0) is 6.92 Å². The van der Waals surface area contributed by atoms with Gasteiger partial charge in [-0.25, -0.2) is 0 Å². The third kappa shape index (κ3) is 2.37. The van der Waals surface area contributed by atoms with E-state index < -0.39 is 0 Å². The molecule has 0 unspecified atom stereocenters. The molecule has 0 atom stereocenters. The number of amides is 1. The zero-order valence-electron chi connectivity index (χ0n) is 10.7. The fourth-order valence-corrected chi connectivity index (χ4v) is 2.15. The number of carbonyl (C=O) groups excluding carboxylic acids is 2. The van der Waals surface area contributed by atoms with Crippen LogP contribution in [0, 0.1) is 0 Å². The molecule has 1 aromatic rings. The molecule has 1 aliphatic heterocycles. The van der Waals surface area contributed by atoms with E-state index in [0.717, 1.165) is 28.9 Å². The van der Waals surface area contributed by atoms with Crippen molar-refractivity contribution >= 4 is 11.7 Å². The number of hydrogen-bond donors (Lipinski definition) is 1. The molecule has 0 saturated carbocycles. The lowest BCUT2D eigenvalue weighted by Crippen LogP contribution is -2.21. The van der Waals surface area contributed by atoms with Gasteiger partial charge in [0.2, 0.25) is 5.91 Å². The van der Waals surface area contributed by atoms with Crippen molar-refractivity contribution in [1.82, 2.24) is 5.32 Å². The Morgan fingerprint density at radius 1 is 1.39 bits per heavy atom. The van der Waals surface area contributed by atoms with Gasteiger partial charge in [0.25, 0.3) is 0 Å². The molecule has 4 nitrogen and oxygen atoms in total. The number of carbonyl (C=O) groups is 2. The molecule has 1 aromatic carbocycles. The summed E-state index contributed by atoms with van der Waals surface area (Å²) in [6, 6.07) is 3.68. The number of ether oxygens (including phenoxy) is 1. The molecule has 1 aliphatic rings. The van der Waals surface area contributed by atoms with E-state index in [2.05, 4.69) is 5.32 Å². The Kier molecular flexibility index (Phi) is 3.65. The molecule has 2 rings (SSSR count). The summed E-state index contributed by atoms with van der Waals surface area (Å²) in [4.78, 5) is 22.8. The highest BCUT2D eigenvalue weighted by Gasteiger charge is 2.21. The summed E-state index contributed by atoms with van der Waals surface area (Å²) in [7, 11) is 0. The van der Waals surface area contributed by atoms with Gasteiger partial charge in [0.05, 0.1) is 6.61 Å². The number of ketones is 1. The predicted molar refractivity (Wildman–Crippen MR) is 67.8 cm³/mol. The Morgan fingerprint density at radius 3 is 2.83 bits per heavy atom. The van der Waals surface area contributed by atoms with Crippen molar-refractivity contribution in [2.45, 2.75) is 33.2 Å². The van der Waals surface area contributed by atoms with E-state index in [9.17, 15) is 9.59 Å². The number of rotatable bonds is 4. The first kappa shape index (κ1) is 12.6. The van der Waals surface area contributed by atoms with Gasteiger partial charge < -0.3 is 10.1 Å². The molecule has 1 heterocycles. The van der Waals surface area contributed by atoms with Gasteiger partial charge in [-0.1, -0.05) is 19.1 Å². The van der Waals surface area contributed by atoms with E-state index in [1.54, 1.807) is 6.92 Å². The van der Waals surface area contributed by atoms with E-state index in [0.29, 0.717) is 19.6 Å². The van der Waals surface area contributed by atoms with E-state index >= 15 is 0 Å². The van der Waals surface area contributed by atoms with E-state index in [1.807, 2.05) is 19.1 Å². The monoisotopic (exact) mass is 247 g/mol. The minimum Gasteiger partial charge on any atom is -0.493 e. The average molecular weight is 247 g/mol. The summed E-state index contributed by atoms with van der Waals surface area (Å²) in [5.74, 6) is 0.845. The first-order valence-electron chi connectivity index (χ1n) is 6.18. The molecule has 1 N–H and O–H groups in total. The van der Waals surface area contributed by atoms with Crippen molar-refractivity contribution < 1.29 is 14.3 Å². The van der Waals surface area contributed by atoms with Crippen molar-refractivity contribution in [3.63, 3.8) is 0 Å². The zero-order chi connectivity index (χ0) is 13.1. The smallest absolute Gasteiger partial charge is 0.219 e. The maximum absolute atomic E-state index is 11.5. The summed E-state index contributed by atoms with van der Waals surface area (Å²) >= 11 is 0. The standard InChI is InChI=1S/C14H17NO3/c1-3-13(17)15-8-10-4-5-11(9(2)16)12-6-7-18-14(10)12/h4-5H,3,6-8H2,1-2H3,(H,15,17). The quantitative estimate of drug-likeness (QED) is 0.826. The summed E-state index contributed by atoms with van der Waals surface area (Å²) < 4.78 is 5.58. The first-order valence-corrected chi connectivity index (χ1v) is 6.18. The molecular formula is C14H17NO3. The summed E-state index contributed by atoms with van der Waals surface area (Å²) in [5, 5.41) is 2.82. The molecule has 0 fully saturated rings. The lowest BCUT2D eigenvalue weighted by molar-refractivity contribution is -0.120. The molecule has 0 saturated heterocycles. The highest BCUT2D eigenvalue weighted by molar-refractivity contribution is 5.96. The van der Waals surface area contributed by atoms with Crippen LogP contribution in [-0.2, 0) is 17.8 Å². The van der Waals surface area contributed by atoms with Crippen molar-refractivity contribution in [3.8, 4) is 5.75 Å². The number of benzene rings is 1. The van der Waals surface area contributed by atoms with E-state index in [-0.39, 0.29) is 11.7 Å². The molecule has 0 aromatic heterocycles. The molecule has 1 amide bonds. The fourth-order valence-electron chi connectivity index (χ4n) is 2.15. The SMILES string of the molecule is CCC(=O)NCc1ccc(C(C)=O)c2c1OCC2. The number of Topliss-reactive ketones (excluding diaryl/α,β-unsaturated/α-hetero) is 1. The van der Waals surface area contributed by atoms with E-state index in [4.69, 9.17) is 4.74 Å². The largest absolute Gasteiger partial charge is 0.493 e. The van der Waals surface area contributed by atoms with Crippen molar-refractivity contribution in [2.75, 3.05) is 6.61 Å². The second-order valence-corrected chi connectivity index (χ2v) is 4.36. The van der Waals surface area contributed by atoms with Crippen LogP contribution in [0.25, 0.3) is 0 Å². The Labute approximate surface area is 106 Å². The van der Waals surface area contributed by atoms with Gasteiger partial charge in [-0.15, -0.1) is 0 Å². The zero-order valence-corrected chi connectivity index (χ0v) is 10.7. The second-order valence-electron chi connectivity index (χ2n) is 4.36. The lowest BCUT2D eigenvalue weighted by atomic mass is 9.99. The van der Waals surface area contributed by atoms with Gasteiger partial charge in [0, 0.05) is 36.1 Å². The molecule has 4 heteroatoms. The van der Waals surface area contributed by atoms with Crippen molar-refractivity contribution in [3.05, 3.63) is 28.8 Å².